The Morgan fingerprint density at radius 2 is 2.00 bits per heavy atom. The number of nitrogens with one attached hydrogen (secondary N) is 1. The summed E-state index contributed by atoms with van der Waals surface area (Å²) < 4.78 is 11.0. The largest absolute Gasteiger partial charge is 0.497 e. The summed E-state index contributed by atoms with van der Waals surface area (Å²) in [4.78, 5) is 0. The zero-order chi connectivity index (χ0) is 11.6. The van der Waals surface area contributed by atoms with E-state index in [9.17, 15) is 0 Å². The van der Waals surface area contributed by atoms with Crippen LogP contribution in [0.1, 0.15) is 19.4 Å². The van der Waals surface area contributed by atoms with E-state index in [0.717, 1.165) is 24.5 Å². The van der Waals surface area contributed by atoms with Crippen molar-refractivity contribution in [3.8, 4) is 5.75 Å². The van der Waals surface area contributed by atoms with Crippen LogP contribution in [-0.2, 0) is 10.5 Å². The summed E-state index contributed by atoms with van der Waals surface area (Å²) in [5.41, 5.74) is 0.777. The van der Waals surface area contributed by atoms with E-state index < -0.39 is 0 Å². The molecule has 2 rings (SSSR count). The van der Waals surface area contributed by atoms with Gasteiger partial charge in [0.25, 0.3) is 0 Å². The maximum absolute atomic E-state index is 5.89. The second-order valence-corrected chi connectivity index (χ2v) is 4.56. The van der Waals surface area contributed by atoms with Crippen LogP contribution in [0.25, 0.3) is 0 Å². The van der Waals surface area contributed by atoms with Crippen molar-refractivity contribution in [2.24, 2.45) is 5.92 Å². The van der Waals surface area contributed by atoms with Crippen molar-refractivity contribution >= 4 is 12.4 Å². The van der Waals surface area contributed by atoms with E-state index in [-0.39, 0.29) is 18.1 Å². The summed E-state index contributed by atoms with van der Waals surface area (Å²) in [6.07, 6.45) is 0. The third-order valence-corrected chi connectivity index (χ3v) is 3.09. The summed E-state index contributed by atoms with van der Waals surface area (Å²) in [7, 11) is 1.67. The van der Waals surface area contributed by atoms with Crippen molar-refractivity contribution in [2.75, 3.05) is 20.3 Å². The summed E-state index contributed by atoms with van der Waals surface area (Å²) in [5, 5.41) is 3.44. The first-order valence-electron chi connectivity index (χ1n) is 5.67. The Morgan fingerprint density at radius 3 is 2.47 bits per heavy atom. The van der Waals surface area contributed by atoms with Gasteiger partial charge in [-0.25, -0.2) is 0 Å². The SMILES string of the molecule is COc1ccc(C2(C)NCC(C)CO2)cc1.Cl. The van der Waals surface area contributed by atoms with Gasteiger partial charge >= 0.3 is 0 Å². The standard InChI is InChI=1S/C13H19NO2.ClH/c1-10-8-14-13(2,16-9-10)11-4-6-12(15-3)7-5-11;/h4-7,10,14H,8-9H2,1-3H3;1H. The normalized spacial score (nSPS) is 28.3. The van der Waals surface area contributed by atoms with Gasteiger partial charge in [-0.2, -0.15) is 0 Å². The molecule has 0 spiro atoms. The van der Waals surface area contributed by atoms with E-state index in [0.29, 0.717) is 5.92 Å². The van der Waals surface area contributed by atoms with Crippen LogP contribution in [0.5, 0.6) is 5.75 Å². The van der Waals surface area contributed by atoms with Gasteiger partial charge in [0.1, 0.15) is 11.5 Å². The summed E-state index contributed by atoms with van der Waals surface area (Å²) in [5.74, 6) is 1.45. The first-order chi connectivity index (χ1) is 7.64. The molecule has 0 aromatic heterocycles. The summed E-state index contributed by atoms with van der Waals surface area (Å²) in [6.45, 7) is 6.04. The van der Waals surface area contributed by atoms with Crippen molar-refractivity contribution in [3.63, 3.8) is 0 Å². The van der Waals surface area contributed by atoms with E-state index in [1.807, 2.05) is 24.3 Å². The van der Waals surface area contributed by atoms with Crippen LogP contribution < -0.4 is 10.1 Å². The molecule has 0 saturated carbocycles. The van der Waals surface area contributed by atoms with E-state index in [1.165, 1.54) is 0 Å². The molecule has 0 bridgehead atoms. The molecule has 1 saturated heterocycles. The highest BCUT2D eigenvalue weighted by molar-refractivity contribution is 5.85. The minimum atomic E-state index is -0.362. The van der Waals surface area contributed by atoms with Crippen LogP contribution in [0.15, 0.2) is 24.3 Å². The van der Waals surface area contributed by atoms with Crippen LogP contribution in [0.3, 0.4) is 0 Å². The van der Waals surface area contributed by atoms with Crippen LogP contribution in [0.2, 0.25) is 0 Å². The molecule has 1 fully saturated rings. The van der Waals surface area contributed by atoms with Gasteiger partial charge in [-0.1, -0.05) is 19.1 Å². The average molecular weight is 258 g/mol. The lowest BCUT2D eigenvalue weighted by molar-refractivity contribution is -0.106. The smallest absolute Gasteiger partial charge is 0.142 e. The molecule has 0 radical (unpaired) electrons. The van der Waals surface area contributed by atoms with Crippen LogP contribution in [0, 0.1) is 5.92 Å². The molecule has 1 aromatic carbocycles. The number of benzene rings is 1. The summed E-state index contributed by atoms with van der Waals surface area (Å²) >= 11 is 0. The fourth-order valence-electron chi connectivity index (χ4n) is 1.88. The van der Waals surface area contributed by atoms with Crippen molar-refractivity contribution in [1.29, 1.82) is 0 Å². The van der Waals surface area contributed by atoms with Crippen LogP contribution >= 0.6 is 12.4 Å². The summed E-state index contributed by atoms with van der Waals surface area (Å²) in [6, 6.07) is 8.01. The molecule has 1 heterocycles. The minimum Gasteiger partial charge on any atom is -0.497 e. The Bertz CT molecular complexity index is 345. The lowest BCUT2D eigenvalue weighted by Crippen LogP contribution is -2.49. The third-order valence-electron chi connectivity index (χ3n) is 3.09. The third kappa shape index (κ3) is 3.12. The number of halogens is 1. The Balaban J connectivity index is 0.00000144. The molecule has 96 valence electrons. The van der Waals surface area contributed by atoms with E-state index in [1.54, 1.807) is 7.11 Å². The number of hydrogen-bond acceptors (Lipinski definition) is 3. The lowest BCUT2D eigenvalue weighted by atomic mass is 10.0. The molecule has 2 atom stereocenters. The molecule has 3 nitrogen and oxygen atoms in total. The van der Waals surface area contributed by atoms with E-state index in [2.05, 4.69) is 19.2 Å². The van der Waals surface area contributed by atoms with E-state index >= 15 is 0 Å². The Morgan fingerprint density at radius 1 is 1.35 bits per heavy atom. The van der Waals surface area contributed by atoms with Crippen molar-refractivity contribution in [3.05, 3.63) is 29.8 Å². The van der Waals surface area contributed by atoms with Crippen LogP contribution in [0.4, 0.5) is 0 Å². The minimum absolute atomic E-state index is 0. The maximum atomic E-state index is 5.89. The average Bonchev–Trinajstić information content (AvgIpc) is 2.33. The molecule has 1 aromatic rings. The van der Waals surface area contributed by atoms with Crippen molar-refractivity contribution in [1.82, 2.24) is 5.32 Å². The molecule has 0 aliphatic carbocycles. The van der Waals surface area contributed by atoms with Gasteiger partial charge in [-0.15, -0.1) is 12.4 Å². The predicted molar refractivity (Wildman–Crippen MR) is 70.7 cm³/mol. The Hall–Kier alpha value is -0.770. The van der Waals surface area contributed by atoms with Gasteiger partial charge in [0.15, 0.2) is 0 Å². The maximum Gasteiger partial charge on any atom is 0.142 e. The van der Waals surface area contributed by atoms with Gasteiger partial charge in [-0.3, -0.25) is 5.32 Å². The zero-order valence-electron chi connectivity index (χ0n) is 10.5. The van der Waals surface area contributed by atoms with Crippen molar-refractivity contribution in [2.45, 2.75) is 19.6 Å². The molecule has 1 aliphatic heterocycles. The molecule has 17 heavy (non-hydrogen) atoms. The highest BCUT2D eigenvalue weighted by Gasteiger charge is 2.31. The number of ether oxygens (including phenoxy) is 2. The second-order valence-electron chi connectivity index (χ2n) is 4.56. The van der Waals surface area contributed by atoms with Gasteiger partial charge in [0, 0.05) is 6.54 Å². The number of methoxy groups -OCH3 is 1. The molecule has 0 amide bonds. The second kappa shape index (κ2) is 5.71. The van der Waals surface area contributed by atoms with Gasteiger partial charge in [0.2, 0.25) is 0 Å². The molecular formula is C13H20ClNO2. The lowest BCUT2D eigenvalue weighted by Gasteiger charge is -2.38. The van der Waals surface area contributed by atoms with Crippen molar-refractivity contribution < 1.29 is 9.47 Å². The molecule has 1 N–H and O–H groups in total. The zero-order valence-corrected chi connectivity index (χ0v) is 11.3. The fourth-order valence-corrected chi connectivity index (χ4v) is 1.88. The number of hydrogen-bond donors (Lipinski definition) is 1. The first-order valence-corrected chi connectivity index (χ1v) is 5.67. The topological polar surface area (TPSA) is 30.5 Å². The quantitative estimate of drug-likeness (QED) is 0.883. The highest BCUT2D eigenvalue weighted by Crippen LogP contribution is 2.27. The monoisotopic (exact) mass is 257 g/mol. The van der Waals surface area contributed by atoms with E-state index in [4.69, 9.17) is 9.47 Å². The van der Waals surface area contributed by atoms with Gasteiger partial charge in [-0.05, 0) is 30.5 Å². The Kier molecular flexibility index (Phi) is 4.80. The van der Waals surface area contributed by atoms with Gasteiger partial charge < -0.3 is 9.47 Å². The first kappa shape index (κ1) is 14.3. The fraction of sp³-hybridized carbons (Fsp3) is 0.538. The predicted octanol–water partition coefficient (Wildman–Crippen LogP) is 2.55. The highest BCUT2D eigenvalue weighted by atomic mass is 35.5. The van der Waals surface area contributed by atoms with Gasteiger partial charge in [0.05, 0.1) is 13.7 Å². The number of rotatable bonds is 2. The molecular weight excluding hydrogens is 238 g/mol. The molecule has 2 unspecified atom stereocenters. The Labute approximate surface area is 109 Å². The molecule has 4 heteroatoms. The molecule has 1 aliphatic rings. The van der Waals surface area contributed by atoms with Crippen LogP contribution in [-0.4, -0.2) is 20.3 Å².